The summed E-state index contributed by atoms with van der Waals surface area (Å²) in [6, 6.07) is 0. The highest BCUT2D eigenvalue weighted by Gasteiger charge is 1.71. The first-order valence-corrected chi connectivity index (χ1v) is 3.52. The lowest BCUT2D eigenvalue weighted by Crippen LogP contribution is -1.90. The minimum Gasteiger partial charge on any atom is -0.399 e. The summed E-state index contributed by atoms with van der Waals surface area (Å²) in [5.74, 6) is 0. The molecular formula is C9H17N. The highest BCUT2D eigenvalue weighted by atomic mass is 14.5. The number of allylic oxidation sites excluding steroid dienone is 4. The van der Waals surface area contributed by atoms with Crippen LogP contribution >= 0.6 is 0 Å². The highest BCUT2D eigenvalue weighted by molar-refractivity contribution is 5.18. The third-order valence-electron chi connectivity index (χ3n) is 0.669. The normalized spacial score (nSPS) is 10.5. The second-order valence-corrected chi connectivity index (χ2v) is 1.40. The predicted octanol–water partition coefficient (Wildman–Crippen LogP) is 2.62. The first-order chi connectivity index (χ1) is 4.81. The van der Waals surface area contributed by atoms with E-state index in [0.29, 0.717) is 0 Å². The van der Waals surface area contributed by atoms with Crippen molar-refractivity contribution in [2.45, 2.75) is 20.8 Å². The van der Waals surface area contributed by atoms with E-state index in [1.165, 1.54) is 0 Å². The first-order valence-electron chi connectivity index (χ1n) is 3.52. The molecule has 0 spiro atoms. The van der Waals surface area contributed by atoms with Crippen molar-refractivity contribution in [1.29, 1.82) is 0 Å². The molecule has 58 valence electrons. The Morgan fingerprint density at radius 3 is 2.20 bits per heavy atom. The van der Waals surface area contributed by atoms with E-state index in [4.69, 9.17) is 5.73 Å². The van der Waals surface area contributed by atoms with Gasteiger partial charge in [0.05, 0.1) is 0 Å². The molecule has 1 nitrogen and oxygen atoms in total. The van der Waals surface area contributed by atoms with Crippen LogP contribution in [0.15, 0.2) is 36.6 Å². The summed E-state index contributed by atoms with van der Waals surface area (Å²) in [7, 11) is 0. The Morgan fingerprint density at radius 2 is 1.90 bits per heavy atom. The van der Waals surface area contributed by atoms with Gasteiger partial charge in [0.2, 0.25) is 0 Å². The Labute approximate surface area is 63.9 Å². The topological polar surface area (TPSA) is 26.0 Å². The van der Waals surface area contributed by atoms with E-state index in [1.807, 2.05) is 32.9 Å². The third kappa shape index (κ3) is 10.1. The van der Waals surface area contributed by atoms with Crippen LogP contribution < -0.4 is 5.73 Å². The zero-order chi connectivity index (χ0) is 8.41. The third-order valence-corrected chi connectivity index (χ3v) is 0.669. The number of hydrogen-bond donors (Lipinski definition) is 1. The van der Waals surface area contributed by atoms with Gasteiger partial charge in [-0.1, -0.05) is 32.6 Å². The maximum atomic E-state index is 5.40. The van der Waals surface area contributed by atoms with Crippen LogP contribution in [0.25, 0.3) is 0 Å². The molecule has 2 N–H and O–H groups in total. The van der Waals surface area contributed by atoms with Crippen molar-refractivity contribution >= 4 is 0 Å². The maximum Gasteiger partial charge on any atom is 0.0310 e. The number of hydrogen-bond acceptors (Lipinski definition) is 1. The molecular weight excluding hydrogens is 122 g/mol. The van der Waals surface area contributed by atoms with Crippen molar-refractivity contribution in [3.8, 4) is 0 Å². The summed E-state index contributed by atoms with van der Waals surface area (Å²) in [6.45, 7) is 9.41. The van der Waals surface area contributed by atoms with Gasteiger partial charge in [-0.2, -0.15) is 0 Å². The van der Waals surface area contributed by atoms with Crippen LogP contribution in [0.1, 0.15) is 20.8 Å². The predicted molar refractivity (Wildman–Crippen MR) is 48.6 cm³/mol. The molecule has 0 saturated heterocycles. The van der Waals surface area contributed by atoms with Crippen LogP contribution in [-0.4, -0.2) is 0 Å². The van der Waals surface area contributed by atoms with Gasteiger partial charge in [-0.15, -0.1) is 0 Å². The van der Waals surface area contributed by atoms with Crippen LogP contribution in [0.2, 0.25) is 0 Å². The Kier molecular flexibility index (Phi) is 12.8. The van der Waals surface area contributed by atoms with Gasteiger partial charge in [0.1, 0.15) is 0 Å². The highest BCUT2D eigenvalue weighted by Crippen LogP contribution is 1.84. The van der Waals surface area contributed by atoms with Gasteiger partial charge in [0.15, 0.2) is 0 Å². The zero-order valence-electron chi connectivity index (χ0n) is 7.09. The molecule has 0 bridgehead atoms. The lowest BCUT2D eigenvalue weighted by atomic mass is 10.4. The molecule has 0 rings (SSSR count). The van der Waals surface area contributed by atoms with Crippen molar-refractivity contribution in [3.05, 3.63) is 36.6 Å². The van der Waals surface area contributed by atoms with Crippen LogP contribution in [0, 0.1) is 0 Å². The van der Waals surface area contributed by atoms with Gasteiger partial charge in [-0.25, -0.2) is 0 Å². The standard InChI is InChI=1S/C7H11N.C2H6/c1-3-5-7(8)6-4-2;1-2/h3-6H,1,8H2,2H3;1-2H3/b6-4-,7-5+;. The van der Waals surface area contributed by atoms with Crippen molar-refractivity contribution < 1.29 is 0 Å². The SMILES string of the molecule is C=C/C=C(N)\C=C/C.CC. The molecule has 0 aliphatic rings. The summed E-state index contributed by atoms with van der Waals surface area (Å²) < 4.78 is 0. The average Bonchev–Trinajstić information content (AvgIpc) is 1.93. The second kappa shape index (κ2) is 10.9. The molecule has 1 heteroatoms. The summed E-state index contributed by atoms with van der Waals surface area (Å²) in [5.41, 5.74) is 6.14. The molecule has 0 amide bonds. The van der Waals surface area contributed by atoms with Gasteiger partial charge in [0.25, 0.3) is 0 Å². The van der Waals surface area contributed by atoms with E-state index < -0.39 is 0 Å². The van der Waals surface area contributed by atoms with E-state index in [1.54, 1.807) is 12.2 Å². The molecule has 0 aromatic carbocycles. The van der Waals surface area contributed by atoms with E-state index in [9.17, 15) is 0 Å². The Bertz CT molecular complexity index is 121. The quantitative estimate of drug-likeness (QED) is 0.585. The molecule has 0 aromatic rings. The minimum atomic E-state index is 0.738. The van der Waals surface area contributed by atoms with E-state index >= 15 is 0 Å². The summed E-state index contributed by atoms with van der Waals surface area (Å²) in [4.78, 5) is 0. The van der Waals surface area contributed by atoms with E-state index in [0.717, 1.165) is 5.70 Å². The van der Waals surface area contributed by atoms with Crippen molar-refractivity contribution in [3.63, 3.8) is 0 Å². The molecule has 0 aliphatic heterocycles. The molecule has 0 atom stereocenters. The molecule has 0 heterocycles. The lowest BCUT2D eigenvalue weighted by Gasteiger charge is -1.84. The fourth-order valence-corrected chi connectivity index (χ4v) is 0.384. The Balaban J connectivity index is 0. The number of rotatable bonds is 2. The van der Waals surface area contributed by atoms with Crippen LogP contribution in [0.4, 0.5) is 0 Å². The van der Waals surface area contributed by atoms with Crippen molar-refractivity contribution in [1.82, 2.24) is 0 Å². The first kappa shape index (κ1) is 11.8. The zero-order valence-corrected chi connectivity index (χ0v) is 7.09. The van der Waals surface area contributed by atoms with Gasteiger partial charge in [-0.05, 0) is 19.1 Å². The Morgan fingerprint density at radius 1 is 1.40 bits per heavy atom. The second-order valence-electron chi connectivity index (χ2n) is 1.40. The fraction of sp³-hybridized carbons (Fsp3) is 0.333. The maximum absolute atomic E-state index is 5.40. The van der Waals surface area contributed by atoms with Gasteiger partial charge in [0, 0.05) is 5.70 Å². The largest absolute Gasteiger partial charge is 0.399 e. The monoisotopic (exact) mass is 139 g/mol. The van der Waals surface area contributed by atoms with Gasteiger partial charge in [-0.3, -0.25) is 0 Å². The molecule has 0 saturated carbocycles. The molecule has 0 fully saturated rings. The molecule has 0 aliphatic carbocycles. The fourth-order valence-electron chi connectivity index (χ4n) is 0.384. The average molecular weight is 139 g/mol. The van der Waals surface area contributed by atoms with Crippen LogP contribution in [0.3, 0.4) is 0 Å². The van der Waals surface area contributed by atoms with Crippen molar-refractivity contribution in [2.24, 2.45) is 5.73 Å². The van der Waals surface area contributed by atoms with Crippen molar-refractivity contribution in [2.75, 3.05) is 0 Å². The van der Waals surface area contributed by atoms with Gasteiger partial charge >= 0.3 is 0 Å². The lowest BCUT2D eigenvalue weighted by molar-refractivity contribution is 1.42. The van der Waals surface area contributed by atoms with E-state index in [-0.39, 0.29) is 0 Å². The van der Waals surface area contributed by atoms with Gasteiger partial charge < -0.3 is 5.73 Å². The molecule has 10 heavy (non-hydrogen) atoms. The molecule has 0 aromatic heterocycles. The summed E-state index contributed by atoms with van der Waals surface area (Å²) in [5, 5.41) is 0. The smallest absolute Gasteiger partial charge is 0.0310 e. The molecule has 0 unspecified atom stereocenters. The number of nitrogens with two attached hydrogens (primary N) is 1. The molecule has 0 radical (unpaired) electrons. The summed E-state index contributed by atoms with van der Waals surface area (Å²) in [6.07, 6.45) is 7.12. The minimum absolute atomic E-state index is 0.738. The Hall–Kier alpha value is -0.980. The van der Waals surface area contributed by atoms with E-state index in [2.05, 4.69) is 6.58 Å². The van der Waals surface area contributed by atoms with Crippen LogP contribution in [0.5, 0.6) is 0 Å². The van der Waals surface area contributed by atoms with Crippen LogP contribution in [-0.2, 0) is 0 Å². The summed E-state index contributed by atoms with van der Waals surface area (Å²) >= 11 is 0.